The van der Waals surface area contributed by atoms with Crippen molar-refractivity contribution >= 4 is 31.8 Å². The van der Waals surface area contributed by atoms with E-state index >= 15 is 0 Å². The summed E-state index contributed by atoms with van der Waals surface area (Å²) in [5, 5.41) is 0. The summed E-state index contributed by atoms with van der Waals surface area (Å²) in [7, 11) is -3.64. The van der Waals surface area contributed by atoms with E-state index in [9.17, 15) is 8.42 Å². The predicted octanol–water partition coefficient (Wildman–Crippen LogP) is 3.26. The zero-order valence-electron chi connectivity index (χ0n) is 10.5. The number of aromatic nitrogens is 1. The number of nitrogens with one attached hydrogen (secondary N) is 1. The summed E-state index contributed by atoms with van der Waals surface area (Å²) in [6, 6.07) is 8.65. The second kappa shape index (κ2) is 5.30. The number of hydrogen-bond acceptors (Lipinski definition) is 3. The Morgan fingerprint density at radius 3 is 2.58 bits per heavy atom. The van der Waals surface area contributed by atoms with Crippen molar-refractivity contribution in [3.8, 4) is 0 Å². The molecule has 0 bridgehead atoms. The lowest BCUT2D eigenvalue weighted by Gasteiger charge is -2.11. The molecule has 0 atom stereocenters. The summed E-state index contributed by atoms with van der Waals surface area (Å²) in [6.45, 7) is 3.70. The van der Waals surface area contributed by atoms with Gasteiger partial charge in [-0.05, 0) is 59.1 Å². The maximum Gasteiger partial charge on any atom is 0.264 e. The zero-order valence-corrected chi connectivity index (χ0v) is 12.9. The van der Waals surface area contributed by atoms with Crippen LogP contribution in [0.3, 0.4) is 0 Å². The Hall–Kier alpha value is -1.40. The number of halogens is 1. The third-order valence-electron chi connectivity index (χ3n) is 2.62. The highest BCUT2D eigenvalue weighted by Gasteiger charge is 2.18. The Morgan fingerprint density at radius 2 is 1.95 bits per heavy atom. The molecule has 2 aromatic rings. The number of pyridine rings is 1. The third kappa shape index (κ3) is 3.13. The van der Waals surface area contributed by atoms with Gasteiger partial charge >= 0.3 is 0 Å². The second-order valence-corrected chi connectivity index (χ2v) is 6.71. The van der Waals surface area contributed by atoms with Gasteiger partial charge in [-0.25, -0.2) is 13.4 Å². The first-order valence-corrected chi connectivity index (χ1v) is 7.88. The largest absolute Gasteiger partial charge is 0.264 e. The maximum absolute atomic E-state index is 12.3. The molecule has 0 aliphatic carbocycles. The lowest BCUT2D eigenvalue weighted by Crippen LogP contribution is -2.15. The van der Waals surface area contributed by atoms with Gasteiger partial charge in [-0.2, -0.15) is 0 Å². The number of rotatable bonds is 3. The van der Waals surface area contributed by atoms with Crippen molar-refractivity contribution < 1.29 is 8.42 Å². The van der Waals surface area contributed by atoms with Gasteiger partial charge in [0.05, 0.1) is 0 Å². The number of sulfonamides is 1. The molecule has 0 radical (unpaired) electrons. The van der Waals surface area contributed by atoms with Crippen LogP contribution in [0.1, 0.15) is 11.1 Å². The van der Waals surface area contributed by atoms with Gasteiger partial charge in [0, 0.05) is 10.7 Å². The molecule has 4 nitrogen and oxygen atoms in total. The highest BCUT2D eigenvalue weighted by molar-refractivity contribution is 9.10. The van der Waals surface area contributed by atoms with Gasteiger partial charge in [0.15, 0.2) is 0 Å². The first-order chi connectivity index (χ1) is 8.90. The molecule has 1 aromatic heterocycles. The molecule has 2 rings (SSSR count). The van der Waals surface area contributed by atoms with E-state index in [1.165, 1.54) is 0 Å². The Bertz CT molecular complexity index is 714. The molecule has 1 aromatic carbocycles. The minimum atomic E-state index is -3.64. The van der Waals surface area contributed by atoms with E-state index in [2.05, 4.69) is 25.6 Å². The topological polar surface area (TPSA) is 59.1 Å². The monoisotopic (exact) mass is 340 g/mol. The van der Waals surface area contributed by atoms with Gasteiger partial charge in [-0.1, -0.05) is 12.1 Å². The van der Waals surface area contributed by atoms with Crippen LogP contribution >= 0.6 is 15.9 Å². The van der Waals surface area contributed by atoms with Crippen LogP contribution in [0.5, 0.6) is 0 Å². The molecule has 19 heavy (non-hydrogen) atoms. The van der Waals surface area contributed by atoms with E-state index in [4.69, 9.17) is 0 Å². The van der Waals surface area contributed by atoms with E-state index < -0.39 is 10.0 Å². The zero-order chi connectivity index (χ0) is 14.0. The van der Waals surface area contributed by atoms with Crippen LogP contribution in [0.15, 0.2) is 45.9 Å². The van der Waals surface area contributed by atoms with Crippen molar-refractivity contribution in [2.75, 3.05) is 4.72 Å². The number of aryl methyl sites for hydroxylation is 2. The molecule has 0 saturated heterocycles. The highest BCUT2D eigenvalue weighted by atomic mass is 79.9. The second-order valence-electron chi connectivity index (χ2n) is 4.21. The van der Waals surface area contributed by atoms with Crippen LogP contribution in [-0.2, 0) is 10.0 Å². The molecular formula is C13H13BrN2O2S. The van der Waals surface area contributed by atoms with Crippen molar-refractivity contribution in [1.29, 1.82) is 0 Å². The fraction of sp³-hybridized carbons (Fsp3) is 0.154. The van der Waals surface area contributed by atoms with E-state index in [1.54, 1.807) is 43.5 Å². The van der Waals surface area contributed by atoms with Crippen molar-refractivity contribution in [3.63, 3.8) is 0 Å². The molecule has 0 spiro atoms. The summed E-state index contributed by atoms with van der Waals surface area (Å²) in [5.41, 5.74) is 1.76. The maximum atomic E-state index is 12.3. The summed E-state index contributed by atoms with van der Waals surface area (Å²) < 4.78 is 27.6. The average Bonchev–Trinajstić information content (AvgIpc) is 2.31. The predicted molar refractivity (Wildman–Crippen MR) is 78.7 cm³/mol. The van der Waals surface area contributed by atoms with Crippen LogP contribution in [0.2, 0.25) is 0 Å². The van der Waals surface area contributed by atoms with Gasteiger partial charge in [0.25, 0.3) is 10.0 Å². The molecule has 0 saturated carbocycles. The van der Waals surface area contributed by atoms with Crippen LogP contribution in [-0.4, -0.2) is 13.4 Å². The van der Waals surface area contributed by atoms with Crippen molar-refractivity contribution in [3.05, 3.63) is 52.1 Å². The number of benzene rings is 1. The SMILES string of the molecule is Cc1ccc(S(=O)(=O)Nc2ncccc2C)c(Br)c1. The molecule has 0 amide bonds. The molecule has 100 valence electrons. The summed E-state index contributed by atoms with van der Waals surface area (Å²) in [5.74, 6) is 0.343. The number of nitrogens with zero attached hydrogens (tertiary/aromatic N) is 1. The Labute approximate surface area is 121 Å². The molecule has 0 aliphatic heterocycles. The average molecular weight is 341 g/mol. The van der Waals surface area contributed by atoms with Gasteiger partial charge in [0.1, 0.15) is 10.7 Å². The van der Waals surface area contributed by atoms with E-state index in [1.807, 2.05) is 6.92 Å². The molecule has 0 aliphatic rings. The molecule has 1 N–H and O–H groups in total. The molecule has 6 heteroatoms. The van der Waals surface area contributed by atoms with E-state index in [0.717, 1.165) is 11.1 Å². The molecule has 0 fully saturated rings. The lowest BCUT2D eigenvalue weighted by atomic mass is 10.2. The van der Waals surface area contributed by atoms with Crippen LogP contribution in [0.4, 0.5) is 5.82 Å². The Kier molecular flexibility index (Phi) is 3.91. The minimum absolute atomic E-state index is 0.197. The van der Waals surface area contributed by atoms with Gasteiger partial charge in [0.2, 0.25) is 0 Å². The van der Waals surface area contributed by atoms with Crippen LogP contribution < -0.4 is 4.72 Å². The Morgan fingerprint density at radius 1 is 1.21 bits per heavy atom. The molecular weight excluding hydrogens is 328 g/mol. The molecule has 0 unspecified atom stereocenters. The number of anilines is 1. The minimum Gasteiger partial charge on any atom is -0.263 e. The number of hydrogen-bond donors (Lipinski definition) is 1. The van der Waals surface area contributed by atoms with Crippen molar-refractivity contribution in [1.82, 2.24) is 4.98 Å². The van der Waals surface area contributed by atoms with Crippen LogP contribution in [0, 0.1) is 13.8 Å². The standard InChI is InChI=1S/C13H13BrN2O2S/c1-9-5-6-12(11(14)8-9)19(17,18)16-13-10(2)4-3-7-15-13/h3-8H,1-2H3,(H,15,16). The third-order valence-corrected chi connectivity index (χ3v) is 4.93. The van der Waals surface area contributed by atoms with Gasteiger partial charge in [-0.3, -0.25) is 4.72 Å². The van der Waals surface area contributed by atoms with Crippen molar-refractivity contribution in [2.24, 2.45) is 0 Å². The summed E-state index contributed by atoms with van der Waals surface area (Å²) in [4.78, 5) is 4.23. The fourth-order valence-electron chi connectivity index (χ4n) is 1.60. The fourth-order valence-corrected chi connectivity index (χ4v) is 3.87. The first kappa shape index (κ1) is 14.0. The normalized spacial score (nSPS) is 11.3. The Balaban J connectivity index is 2.41. The van der Waals surface area contributed by atoms with E-state index in [-0.39, 0.29) is 4.90 Å². The summed E-state index contributed by atoms with van der Waals surface area (Å²) >= 11 is 3.28. The van der Waals surface area contributed by atoms with Gasteiger partial charge < -0.3 is 0 Å². The lowest BCUT2D eigenvalue weighted by molar-refractivity contribution is 0.600. The van der Waals surface area contributed by atoms with Crippen LogP contribution in [0.25, 0.3) is 0 Å². The smallest absolute Gasteiger partial charge is 0.263 e. The van der Waals surface area contributed by atoms with Crippen molar-refractivity contribution in [2.45, 2.75) is 18.7 Å². The van der Waals surface area contributed by atoms with Gasteiger partial charge in [-0.15, -0.1) is 0 Å². The molecule has 1 heterocycles. The first-order valence-electron chi connectivity index (χ1n) is 5.61. The highest BCUT2D eigenvalue weighted by Crippen LogP contribution is 2.25. The summed E-state index contributed by atoms with van der Waals surface area (Å²) in [6.07, 6.45) is 1.55. The van der Waals surface area contributed by atoms with E-state index in [0.29, 0.717) is 10.3 Å². The quantitative estimate of drug-likeness (QED) is 0.932.